The standard InChI is InChI=1S/C32H37FN4O8S/c1-18(2)46(42,43)28-13-10-21(36(3)32(40)41)17-22(28)25-7-6-14-37(25)31(39)29(19-9-12-26(44-4)27(16-19)45-5)35-24-15-20(30(34)38)8-11-23(24)33/h8-13,15-18,25,29,35H,6-7,14H2,1-5H3,(H2,34,38)(H,40,41)/t25-,29+/m1/s1. The fourth-order valence-electron chi connectivity index (χ4n) is 5.41. The number of benzene rings is 3. The third-order valence-corrected chi connectivity index (χ3v) is 10.3. The van der Waals surface area contributed by atoms with E-state index in [9.17, 15) is 27.9 Å². The van der Waals surface area contributed by atoms with Crippen LogP contribution in [0.4, 0.5) is 20.6 Å². The number of primary amides is 1. The minimum absolute atomic E-state index is 0.00873. The van der Waals surface area contributed by atoms with Gasteiger partial charge >= 0.3 is 6.09 Å². The maximum Gasteiger partial charge on any atom is 0.411 e. The smallest absolute Gasteiger partial charge is 0.411 e. The third-order valence-electron chi connectivity index (χ3n) is 8.03. The van der Waals surface area contributed by atoms with Gasteiger partial charge < -0.3 is 30.5 Å². The van der Waals surface area contributed by atoms with Crippen LogP contribution in [0.5, 0.6) is 11.5 Å². The summed E-state index contributed by atoms with van der Waals surface area (Å²) in [5.41, 5.74) is 6.15. The maximum atomic E-state index is 15.1. The fraction of sp³-hybridized carbons (Fsp3) is 0.344. The predicted molar refractivity (Wildman–Crippen MR) is 170 cm³/mol. The molecule has 3 aromatic carbocycles. The number of nitrogens with zero attached hydrogens (tertiary/aromatic N) is 2. The van der Waals surface area contributed by atoms with Crippen molar-refractivity contribution in [2.24, 2.45) is 5.73 Å². The van der Waals surface area contributed by atoms with Crippen LogP contribution in [0.2, 0.25) is 0 Å². The quantitative estimate of drug-likeness (QED) is 0.264. The molecule has 12 nitrogen and oxygen atoms in total. The number of nitrogens with two attached hydrogens (primary N) is 1. The largest absolute Gasteiger partial charge is 0.493 e. The molecule has 0 spiro atoms. The summed E-state index contributed by atoms with van der Waals surface area (Å²) in [5, 5.41) is 11.7. The molecule has 2 atom stereocenters. The molecule has 0 bridgehead atoms. The normalized spacial score (nSPS) is 15.4. The summed E-state index contributed by atoms with van der Waals surface area (Å²) in [6.07, 6.45) is -0.347. The highest BCUT2D eigenvalue weighted by atomic mass is 32.2. The molecule has 1 saturated heterocycles. The second kappa shape index (κ2) is 13.6. The van der Waals surface area contributed by atoms with Crippen molar-refractivity contribution in [1.29, 1.82) is 0 Å². The van der Waals surface area contributed by atoms with Gasteiger partial charge in [0.25, 0.3) is 0 Å². The second-order valence-corrected chi connectivity index (χ2v) is 13.6. The Morgan fingerprint density at radius 2 is 1.74 bits per heavy atom. The van der Waals surface area contributed by atoms with Gasteiger partial charge in [0, 0.05) is 24.8 Å². The van der Waals surface area contributed by atoms with Gasteiger partial charge in [-0.05, 0) is 86.3 Å². The van der Waals surface area contributed by atoms with Crippen molar-refractivity contribution in [3.8, 4) is 11.5 Å². The second-order valence-electron chi connectivity index (χ2n) is 11.1. The molecule has 4 rings (SSSR count). The molecular weight excluding hydrogens is 619 g/mol. The Balaban J connectivity index is 1.87. The summed E-state index contributed by atoms with van der Waals surface area (Å²) < 4.78 is 52.9. The van der Waals surface area contributed by atoms with Gasteiger partial charge in [-0.3, -0.25) is 14.5 Å². The van der Waals surface area contributed by atoms with E-state index >= 15 is 4.39 Å². The molecule has 4 N–H and O–H groups in total. The summed E-state index contributed by atoms with van der Waals surface area (Å²) in [5.74, 6) is -1.36. The summed E-state index contributed by atoms with van der Waals surface area (Å²) in [6, 6.07) is 10.5. The number of hydrogen-bond donors (Lipinski definition) is 3. The molecule has 0 saturated carbocycles. The number of anilines is 2. The van der Waals surface area contributed by atoms with Crippen LogP contribution >= 0.6 is 0 Å². The number of sulfone groups is 1. The monoisotopic (exact) mass is 656 g/mol. The molecule has 0 radical (unpaired) electrons. The number of carbonyl (C=O) groups excluding carboxylic acids is 2. The Kier molecular flexibility index (Phi) is 10.1. The molecular formula is C32H37FN4O8S. The van der Waals surface area contributed by atoms with Crippen LogP contribution in [0.15, 0.2) is 59.5 Å². The zero-order valence-electron chi connectivity index (χ0n) is 26.1. The number of halogens is 1. The van der Waals surface area contributed by atoms with Gasteiger partial charge in [-0.25, -0.2) is 17.6 Å². The Labute approximate surface area is 266 Å². The Morgan fingerprint density at radius 1 is 1.04 bits per heavy atom. The lowest BCUT2D eigenvalue weighted by Crippen LogP contribution is -2.38. The highest BCUT2D eigenvalue weighted by Crippen LogP contribution is 2.41. The average Bonchev–Trinajstić information content (AvgIpc) is 3.53. The molecule has 1 heterocycles. The van der Waals surface area contributed by atoms with Crippen LogP contribution in [0.3, 0.4) is 0 Å². The van der Waals surface area contributed by atoms with Crippen molar-refractivity contribution < 1.29 is 41.8 Å². The van der Waals surface area contributed by atoms with Gasteiger partial charge in [0.05, 0.1) is 36.1 Å². The molecule has 46 heavy (non-hydrogen) atoms. The molecule has 0 aliphatic carbocycles. The van der Waals surface area contributed by atoms with Gasteiger partial charge in [-0.15, -0.1) is 0 Å². The first-order chi connectivity index (χ1) is 21.7. The zero-order chi connectivity index (χ0) is 33.9. The highest BCUT2D eigenvalue weighted by Gasteiger charge is 2.38. The Hall–Kier alpha value is -4.85. The van der Waals surface area contributed by atoms with Gasteiger partial charge in [-0.1, -0.05) is 6.07 Å². The SMILES string of the molecule is COc1ccc([C@H](Nc2cc(C(N)=O)ccc2F)C(=O)N2CCC[C@@H]2c2cc(N(C)C(=O)O)ccc2S(=O)(=O)C(C)C)cc1OC. The van der Waals surface area contributed by atoms with E-state index in [2.05, 4.69) is 5.32 Å². The van der Waals surface area contributed by atoms with Crippen molar-refractivity contribution in [2.45, 2.75) is 48.9 Å². The molecule has 1 fully saturated rings. The van der Waals surface area contributed by atoms with Crippen molar-refractivity contribution >= 4 is 39.1 Å². The van der Waals surface area contributed by atoms with E-state index in [-0.39, 0.29) is 33.9 Å². The Bertz CT molecular complexity index is 1760. The number of ether oxygens (including phenoxy) is 2. The van der Waals surface area contributed by atoms with Crippen LogP contribution in [0.1, 0.15) is 60.3 Å². The van der Waals surface area contributed by atoms with Crippen molar-refractivity contribution in [3.63, 3.8) is 0 Å². The third kappa shape index (κ3) is 6.71. The van der Waals surface area contributed by atoms with Crippen LogP contribution < -0.4 is 25.4 Å². The molecule has 1 aliphatic rings. The molecule has 0 aromatic heterocycles. The molecule has 14 heteroatoms. The number of rotatable bonds is 11. The van der Waals surface area contributed by atoms with E-state index in [1.54, 1.807) is 32.0 Å². The number of methoxy groups -OCH3 is 2. The van der Waals surface area contributed by atoms with E-state index in [1.165, 1.54) is 56.5 Å². The van der Waals surface area contributed by atoms with Gasteiger partial charge in [0.1, 0.15) is 11.9 Å². The molecule has 0 unspecified atom stereocenters. The number of carbonyl (C=O) groups is 3. The minimum Gasteiger partial charge on any atom is -0.493 e. The fourth-order valence-corrected chi connectivity index (χ4v) is 6.70. The predicted octanol–water partition coefficient (Wildman–Crippen LogP) is 4.76. The average molecular weight is 657 g/mol. The summed E-state index contributed by atoms with van der Waals surface area (Å²) >= 11 is 0. The molecule has 246 valence electrons. The van der Waals surface area contributed by atoms with Crippen LogP contribution in [-0.4, -0.2) is 69.4 Å². The van der Waals surface area contributed by atoms with Crippen molar-refractivity contribution in [3.05, 3.63) is 77.1 Å². The minimum atomic E-state index is -3.86. The van der Waals surface area contributed by atoms with Crippen LogP contribution in [-0.2, 0) is 14.6 Å². The zero-order valence-corrected chi connectivity index (χ0v) is 26.9. The van der Waals surface area contributed by atoms with Gasteiger partial charge in [0.2, 0.25) is 11.8 Å². The van der Waals surface area contributed by atoms with Crippen LogP contribution in [0, 0.1) is 5.82 Å². The van der Waals surface area contributed by atoms with Crippen LogP contribution in [0.25, 0.3) is 0 Å². The molecule has 3 aromatic rings. The number of likely N-dealkylation sites (tertiary alicyclic amines) is 1. The highest BCUT2D eigenvalue weighted by molar-refractivity contribution is 7.92. The molecule has 1 aliphatic heterocycles. The van der Waals surface area contributed by atoms with Crippen molar-refractivity contribution in [2.75, 3.05) is 38.0 Å². The van der Waals surface area contributed by atoms with E-state index < -0.39 is 50.9 Å². The molecule has 3 amide bonds. The maximum absolute atomic E-state index is 15.1. The number of hydrogen-bond acceptors (Lipinski definition) is 8. The topological polar surface area (TPSA) is 169 Å². The summed E-state index contributed by atoms with van der Waals surface area (Å²) in [4.78, 5) is 40.7. The lowest BCUT2D eigenvalue weighted by Gasteiger charge is -2.32. The number of carboxylic acid groups (broad SMARTS) is 1. The summed E-state index contributed by atoms with van der Waals surface area (Å²) in [6.45, 7) is 3.32. The lowest BCUT2D eigenvalue weighted by molar-refractivity contribution is -0.133. The van der Waals surface area contributed by atoms with Gasteiger partial charge in [-0.2, -0.15) is 0 Å². The van der Waals surface area contributed by atoms with E-state index in [0.717, 1.165) is 11.0 Å². The lowest BCUT2D eigenvalue weighted by atomic mass is 10.00. The first kappa shape index (κ1) is 34.0. The van der Waals surface area contributed by atoms with E-state index in [1.807, 2.05) is 0 Å². The number of nitrogens with one attached hydrogen (secondary N) is 1. The number of amides is 3. The van der Waals surface area contributed by atoms with Crippen molar-refractivity contribution in [1.82, 2.24) is 4.90 Å². The first-order valence-electron chi connectivity index (χ1n) is 14.4. The summed E-state index contributed by atoms with van der Waals surface area (Å²) in [7, 11) is 0.360. The first-order valence-corrected chi connectivity index (χ1v) is 16.0. The van der Waals surface area contributed by atoms with Gasteiger partial charge in [0.15, 0.2) is 21.3 Å². The van der Waals surface area contributed by atoms with E-state index in [4.69, 9.17) is 15.2 Å². The van der Waals surface area contributed by atoms with E-state index in [0.29, 0.717) is 29.9 Å². The Morgan fingerprint density at radius 3 is 2.35 bits per heavy atom.